The number of carbonyl (C=O) groups excluding carboxylic acids is 2. The lowest BCUT2D eigenvalue weighted by Crippen LogP contribution is -2.48. The molecule has 0 aromatic heterocycles. The number of hydrogen-bond acceptors (Lipinski definition) is 5. The van der Waals surface area contributed by atoms with E-state index in [0.717, 1.165) is 23.4 Å². The summed E-state index contributed by atoms with van der Waals surface area (Å²) in [6.07, 6.45) is 3.97. The monoisotopic (exact) mass is 465 g/mol. The minimum Gasteiger partial charge on any atom is -0.395 e. The van der Waals surface area contributed by atoms with Crippen molar-refractivity contribution in [1.29, 1.82) is 0 Å². The smallest absolute Gasteiger partial charge is 0.240 e. The minimum atomic E-state index is -0.169. The van der Waals surface area contributed by atoms with Gasteiger partial charge < -0.3 is 25.0 Å². The molecule has 182 valence electrons. The second-order valence-electron chi connectivity index (χ2n) is 8.49. The van der Waals surface area contributed by atoms with Gasteiger partial charge in [-0.3, -0.25) is 9.59 Å². The number of rotatable bonds is 11. The van der Waals surface area contributed by atoms with Gasteiger partial charge in [-0.05, 0) is 23.3 Å². The average Bonchev–Trinajstić information content (AvgIpc) is 2.85. The van der Waals surface area contributed by atoms with E-state index < -0.39 is 0 Å². The molecule has 0 unspecified atom stereocenters. The van der Waals surface area contributed by atoms with E-state index in [2.05, 4.69) is 12.2 Å². The standard InChI is InChI=1S/C27H35N3O4/c1-21(7-6-10-25(32)29(17-18-31)20-22-8-4-3-5-9-22)27(34-2)23-11-13-24(14-12-23)30-16-15-28-19-26(30)33/h3-9,11-14,21,27-28,31H,10,15-20H2,1-2H3/b7-6+/t21-,27+/m0/s1. The number of benzene rings is 2. The van der Waals surface area contributed by atoms with Gasteiger partial charge >= 0.3 is 0 Å². The van der Waals surface area contributed by atoms with Crippen LogP contribution in [0.4, 0.5) is 5.69 Å². The highest BCUT2D eigenvalue weighted by molar-refractivity contribution is 5.95. The Labute approximate surface area is 202 Å². The van der Waals surface area contributed by atoms with Crippen LogP contribution in [0.3, 0.4) is 0 Å². The van der Waals surface area contributed by atoms with Gasteiger partial charge in [0.25, 0.3) is 0 Å². The van der Waals surface area contributed by atoms with E-state index in [1.165, 1.54) is 0 Å². The van der Waals surface area contributed by atoms with E-state index >= 15 is 0 Å². The lowest BCUT2D eigenvalue weighted by Gasteiger charge is -2.28. The van der Waals surface area contributed by atoms with Crippen LogP contribution in [-0.4, -0.2) is 61.7 Å². The maximum absolute atomic E-state index is 12.7. The van der Waals surface area contributed by atoms with Gasteiger partial charge in [-0.2, -0.15) is 0 Å². The topological polar surface area (TPSA) is 82.1 Å². The van der Waals surface area contributed by atoms with Crippen molar-refractivity contribution in [2.45, 2.75) is 26.0 Å². The number of ether oxygens (including phenoxy) is 1. The lowest BCUT2D eigenvalue weighted by molar-refractivity contribution is -0.131. The fourth-order valence-electron chi connectivity index (χ4n) is 4.21. The third-order valence-corrected chi connectivity index (χ3v) is 6.03. The van der Waals surface area contributed by atoms with Gasteiger partial charge in [0.1, 0.15) is 0 Å². The summed E-state index contributed by atoms with van der Waals surface area (Å²) < 4.78 is 5.76. The molecule has 2 N–H and O–H groups in total. The first-order chi connectivity index (χ1) is 16.5. The van der Waals surface area contributed by atoms with Crippen molar-refractivity contribution < 1.29 is 19.4 Å². The van der Waals surface area contributed by atoms with Gasteiger partial charge in [-0.25, -0.2) is 0 Å². The maximum Gasteiger partial charge on any atom is 0.240 e. The zero-order valence-electron chi connectivity index (χ0n) is 20.0. The molecule has 2 aromatic rings. The first-order valence-electron chi connectivity index (χ1n) is 11.8. The average molecular weight is 466 g/mol. The number of nitrogens with zero attached hydrogens (tertiary/aromatic N) is 2. The molecule has 0 saturated carbocycles. The first-order valence-corrected chi connectivity index (χ1v) is 11.8. The molecule has 0 spiro atoms. The predicted octanol–water partition coefficient (Wildman–Crippen LogP) is 2.91. The summed E-state index contributed by atoms with van der Waals surface area (Å²) in [4.78, 5) is 28.3. The number of nitrogens with one attached hydrogen (secondary N) is 1. The number of carbonyl (C=O) groups is 2. The minimum absolute atomic E-state index is 0.0274. The second-order valence-corrected chi connectivity index (χ2v) is 8.49. The van der Waals surface area contributed by atoms with Gasteiger partial charge in [0, 0.05) is 51.3 Å². The Hall–Kier alpha value is -3.00. The van der Waals surface area contributed by atoms with Crippen LogP contribution < -0.4 is 10.2 Å². The Kier molecular flexibility index (Phi) is 9.82. The zero-order valence-corrected chi connectivity index (χ0v) is 20.0. The number of amides is 2. The van der Waals surface area contributed by atoms with Crippen molar-refractivity contribution in [3.05, 3.63) is 77.9 Å². The van der Waals surface area contributed by atoms with Gasteiger partial charge in [0.2, 0.25) is 11.8 Å². The number of methoxy groups -OCH3 is 1. The molecule has 0 aliphatic carbocycles. The largest absolute Gasteiger partial charge is 0.395 e. The van der Waals surface area contributed by atoms with Crippen molar-refractivity contribution in [3.63, 3.8) is 0 Å². The number of hydrogen-bond donors (Lipinski definition) is 2. The fourth-order valence-corrected chi connectivity index (χ4v) is 4.21. The molecule has 1 heterocycles. The van der Waals surface area contributed by atoms with Crippen LogP contribution in [0, 0.1) is 5.92 Å². The van der Waals surface area contributed by atoms with Crippen LogP contribution >= 0.6 is 0 Å². The van der Waals surface area contributed by atoms with Gasteiger partial charge in [0.15, 0.2) is 0 Å². The zero-order chi connectivity index (χ0) is 24.3. The highest BCUT2D eigenvalue weighted by atomic mass is 16.5. The summed E-state index contributed by atoms with van der Waals surface area (Å²) in [5.74, 6) is 0.0935. The highest BCUT2D eigenvalue weighted by Crippen LogP contribution is 2.28. The molecule has 2 aromatic carbocycles. The molecule has 1 saturated heterocycles. The van der Waals surface area contributed by atoms with Crippen LogP contribution in [0.5, 0.6) is 0 Å². The quantitative estimate of drug-likeness (QED) is 0.499. The molecule has 7 nitrogen and oxygen atoms in total. The molecule has 0 bridgehead atoms. The van der Waals surface area contributed by atoms with Gasteiger partial charge in [0.05, 0.1) is 19.3 Å². The van der Waals surface area contributed by atoms with Gasteiger partial charge in [-0.15, -0.1) is 0 Å². The van der Waals surface area contributed by atoms with E-state index in [4.69, 9.17) is 4.74 Å². The van der Waals surface area contributed by atoms with E-state index in [-0.39, 0.29) is 36.9 Å². The maximum atomic E-state index is 12.7. The van der Waals surface area contributed by atoms with Crippen LogP contribution in [0.15, 0.2) is 66.7 Å². The Balaban J connectivity index is 1.58. The Morgan fingerprint density at radius 3 is 2.59 bits per heavy atom. The molecule has 3 rings (SSSR count). The number of aliphatic hydroxyl groups excluding tert-OH is 1. The second kappa shape index (κ2) is 13.0. The summed E-state index contributed by atoms with van der Waals surface area (Å²) in [5.41, 5.74) is 2.94. The van der Waals surface area contributed by atoms with Crippen LogP contribution in [0.1, 0.15) is 30.6 Å². The molecule has 34 heavy (non-hydrogen) atoms. The third-order valence-electron chi connectivity index (χ3n) is 6.03. The molecule has 1 fully saturated rings. The summed E-state index contributed by atoms with van der Waals surface area (Å²) >= 11 is 0. The predicted molar refractivity (Wildman–Crippen MR) is 133 cm³/mol. The van der Waals surface area contributed by atoms with Crippen molar-refractivity contribution in [1.82, 2.24) is 10.2 Å². The van der Waals surface area contributed by atoms with Crippen molar-refractivity contribution in [2.75, 3.05) is 44.8 Å². The molecule has 0 radical (unpaired) electrons. The first kappa shape index (κ1) is 25.6. The molecular weight excluding hydrogens is 430 g/mol. The number of anilines is 1. The van der Waals surface area contributed by atoms with Crippen molar-refractivity contribution >= 4 is 17.5 Å². The van der Waals surface area contributed by atoms with E-state index in [1.54, 1.807) is 16.9 Å². The van der Waals surface area contributed by atoms with Crippen molar-refractivity contribution in [3.8, 4) is 0 Å². The fraction of sp³-hybridized carbons (Fsp3) is 0.407. The van der Waals surface area contributed by atoms with Gasteiger partial charge in [-0.1, -0.05) is 61.5 Å². The Morgan fingerprint density at radius 2 is 1.94 bits per heavy atom. The molecule has 1 aliphatic heterocycles. The normalized spacial score (nSPS) is 16.0. The molecule has 2 amide bonds. The SMILES string of the molecule is CO[C@@H](c1ccc(N2CCNCC2=O)cc1)[C@@H](C)/C=C/CC(=O)N(CCO)Cc1ccccc1. The lowest BCUT2D eigenvalue weighted by atomic mass is 9.96. The summed E-state index contributed by atoms with van der Waals surface area (Å²) in [7, 11) is 1.68. The van der Waals surface area contributed by atoms with Crippen LogP contribution in [-0.2, 0) is 20.9 Å². The molecule has 1 aliphatic rings. The van der Waals surface area contributed by atoms with E-state index in [1.807, 2.05) is 66.7 Å². The molecule has 2 atom stereocenters. The summed E-state index contributed by atoms with van der Waals surface area (Å²) in [5, 5.41) is 12.5. The highest BCUT2D eigenvalue weighted by Gasteiger charge is 2.21. The molecular formula is C27H35N3O4. The number of piperazine rings is 1. The number of aliphatic hydroxyl groups is 1. The summed E-state index contributed by atoms with van der Waals surface area (Å²) in [6.45, 7) is 4.58. The van der Waals surface area contributed by atoms with Crippen LogP contribution in [0.25, 0.3) is 0 Å². The third kappa shape index (κ3) is 7.00. The van der Waals surface area contributed by atoms with E-state index in [9.17, 15) is 14.7 Å². The van der Waals surface area contributed by atoms with Crippen molar-refractivity contribution in [2.24, 2.45) is 5.92 Å². The molecule has 7 heteroatoms. The summed E-state index contributed by atoms with van der Waals surface area (Å²) in [6, 6.07) is 17.7. The van der Waals surface area contributed by atoms with Crippen LogP contribution in [0.2, 0.25) is 0 Å². The van der Waals surface area contributed by atoms with E-state index in [0.29, 0.717) is 26.2 Å². The Morgan fingerprint density at radius 1 is 1.21 bits per heavy atom. The Bertz CT molecular complexity index is 946.